The monoisotopic (exact) mass is 557 g/mol. The molecule has 178 valence electrons. The van der Waals surface area contributed by atoms with Gasteiger partial charge in [-0.3, -0.25) is 4.90 Å². The maximum absolute atomic E-state index is 5.33. The minimum absolute atomic E-state index is 0. The number of aliphatic imine (C=N–C) groups is 1. The lowest BCUT2D eigenvalue weighted by atomic mass is 10.1. The summed E-state index contributed by atoms with van der Waals surface area (Å²) < 4.78 is 12.5. The van der Waals surface area contributed by atoms with Crippen molar-refractivity contribution in [1.29, 1.82) is 0 Å². The van der Waals surface area contributed by atoms with Crippen LogP contribution in [0.25, 0.3) is 0 Å². The predicted octanol–water partition coefficient (Wildman–Crippen LogP) is 2.27. The number of nitrogens with one attached hydrogen (secondary N) is 2. The second-order valence-corrected chi connectivity index (χ2v) is 7.72. The van der Waals surface area contributed by atoms with Crippen LogP contribution < -0.4 is 15.4 Å². The molecule has 0 saturated carbocycles. The smallest absolute Gasteiger partial charge is 0.191 e. The number of benzene rings is 1. The van der Waals surface area contributed by atoms with Crippen molar-refractivity contribution in [3.63, 3.8) is 0 Å². The van der Waals surface area contributed by atoms with Gasteiger partial charge in [-0.25, -0.2) is 4.99 Å². The van der Waals surface area contributed by atoms with Gasteiger partial charge in [0.1, 0.15) is 18.1 Å². The Morgan fingerprint density at radius 2 is 1.84 bits per heavy atom. The lowest BCUT2D eigenvalue weighted by Crippen LogP contribution is -2.43. The summed E-state index contributed by atoms with van der Waals surface area (Å²) in [6.45, 7) is 6.65. The highest BCUT2D eigenvalue weighted by molar-refractivity contribution is 14.0. The molecule has 1 fully saturated rings. The molecule has 0 aliphatic carbocycles. The normalized spacial score (nSPS) is 15.3. The maximum atomic E-state index is 5.33. The number of aryl methyl sites for hydroxylation is 1. The summed E-state index contributed by atoms with van der Waals surface area (Å²) in [6, 6.07) is 8.63. The SMILES string of the molecule is COCCNC(=NCc1nnc(C)n1C)NCC(c1ccc(OC)cc1)N1CCCC1.I. The standard InChI is InChI=1S/C22H35N7O2.HI/c1-17-26-27-21(28(17)2)16-25-22(23-11-14-30-3)24-15-20(29-12-5-6-13-29)18-7-9-19(31-4)10-8-18;/h7-10,20H,5-6,11-16H2,1-4H3,(H2,23,24,25);1H. The van der Waals surface area contributed by atoms with Crippen LogP contribution in [0.1, 0.15) is 36.1 Å². The van der Waals surface area contributed by atoms with Gasteiger partial charge in [-0.1, -0.05) is 12.1 Å². The molecule has 2 heterocycles. The summed E-state index contributed by atoms with van der Waals surface area (Å²) in [5, 5.41) is 15.2. The predicted molar refractivity (Wildman–Crippen MR) is 137 cm³/mol. The molecule has 1 aromatic heterocycles. The van der Waals surface area contributed by atoms with Crippen molar-refractivity contribution in [2.24, 2.45) is 12.0 Å². The first-order valence-corrected chi connectivity index (χ1v) is 10.9. The van der Waals surface area contributed by atoms with E-state index in [1.165, 1.54) is 18.4 Å². The Morgan fingerprint density at radius 3 is 2.44 bits per heavy atom. The van der Waals surface area contributed by atoms with Gasteiger partial charge >= 0.3 is 0 Å². The fourth-order valence-corrected chi connectivity index (χ4v) is 3.71. The minimum atomic E-state index is 0. The molecule has 9 nitrogen and oxygen atoms in total. The fourth-order valence-electron chi connectivity index (χ4n) is 3.71. The number of aromatic nitrogens is 3. The van der Waals surface area contributed by atoms with Crippen LogP contribution in [0.3, 0.4) is 0 Å². The number of methoxy groups -OCH3 is 2. The van der Waals surface area contributed by atoms with Crippen LogP contribution in [0.5, 0.6) is 5.75 Å². The Kier molecular flexibility index (Phi) is 11.2. The molecule has 3 rings (SSSR count). The highest BCUT2D eigenvalue weighted by Crippen LogP contribution is 2.26. The summed E-state index contributed by atoms with van der Waals surface area (Å²) >= 11 is 0. The van der Waals surface area contributed by atoms with E-state index in [-0.39, 0.29) is 30.0 Å². The van der Waals surface area contributed by atoms with Gasteiger partial charge in [-0.15, -0.1) is 34.2 Å². The van der Waals surface area contributed by atoms with Crippen molar-refractivity contribution < 1.29 is 9.47 Å². The number of halogens is 1. The summed E-state index contributed by atoms with van der Waals surface area (Å²) in [4.78, 5) is 7.27. The maximum Gasteiger partial charge on any atom is 0.191 e. The van der Waals surface area contributed by atoms with Crippen molar-refractivity contribution in [3.05, 3.63) is 41.5 Å². The van der Waals surface area contributed by atoms with Crippen molar-refractivity contribution in [2.75, 3.05) is 47.0 Å². The lowest BCUT2D eigenvalue weighted by Gasteiger charge is -2.29. The van der Waals surface area contributed by atoms with Crippen LogP contribution >= 0.6 is 24.0 Å². The van der Waals surface area contributed by atoms with Gasteiger partial charge in [-0.2, -0.15) is 0 Å². The average molecular weight is 557 g/mol. The number of guanidine groups is 1. The van der Waals surface area contributed by atoms with Crippen LogP contribution in [0, 0.1) is 6.92 Å². The molecule has 1 atom stereocenters. The quantitative estimate of drug-likeness (QED) is 0.201. The number of hydrogen-bond donors (Lipinski definition) is 2. The van der Waals surface area contributed by atoms with Crippen molar-refractivity contribution in [3.8, 4) is 5.75 Å². The third-order valence-corrected chi connectivity index (χ3v) is 5.70. The molecule has 1 aromatic carbocycles. The highest BCUT2D eigenvalue weighted by atomic mass is 127. The second-order valence-electron chi connectivity index (χ2n) is 7.72. The van der Waals surface area contributed by atoms with Gasteiger partial charge in [-0.05, 0) is 50.6 Å². The Balaban J connectivity index is 0.00000363. The molecular weight excluding hydrogens is 521 g/mol. The number of ether oxygens (including phenoxy) is 2. The molecule has 0 bridgehead atoms. The molecule has 0 spiro atoms. The van der Waals surface area contributed by atoms with Crippen LogP contribution in [-0.4, -0.2) is 72.6 Å². The molecular formula is C22H36IN7O2. The highest BCUT2D eigenvalue weighted by Gasteiger charge is 2.23. The first kappa shape index (κ1) is 26.3. The zero-order valence-electron chi connectivity index (χ0n) is 19.5. The second kappa shape index (κ2) is 13.6. The van der Waals surface area contributed by atoms with Gasteiger partial charge in [0.25, 0.3) is 0 Å². The van der Waals surface area contributed by atoms with E-state index in [1.807, 2.05) is 30.7 Å². The number of hydrogen-bond acceptors (Lipinski definition) is 6. The molecule has 32 heavy (non-hydrogen) atoms. The average Bonchev–Trinajstić information content (AvgIpc) is 3.43. The summed E-state index contributed by atoms with van der Waals surface area (Å²) in [7, 11) is 5.35. The van der Waals surface area contributed by atoms with E-state index in [2.05, 4.69) is 37.9 Å². The van der Waals surface area contributed by atoms with Crippen LogP contribution in [0.2, 0.25) is 0 Å². The first-order valence-electron chi connectivity index (χ1n) is 10.9. The summed E-state index contributed by atoms with van der Waals surface area (Å²) in [6.07, 6.45) is 2.48. The third kappa shape index (κ3) is 7.31. The fraction of sp³-hybridized carbons (Fsp3) is 0.591. The van der Waals surface area contributed by atoms with Crippen molar-refractivity contribution in [1.82, 2.24) is 30.3 Å². The Hall–Kier alpha value is -1.92. The molecule has 1 aliphatic rings. The van der Waals surface area contributed by atoms with Crippen LogP contribution in [0.4, 0.5) is 0 Å². The van der Waals surface area contributed by atoms with Gasteiger partial charge in [0.05, 0.1) is 19.8 Å². The van der Waals surface area contributed by atoms with E-state index in [1.54, 1.807) is 14.2 Å². The molecule has 10 heteroatoms. The molecule has 0 amide bonds. The van der Waals surface area contributed by atoms with E-state index < -0.39 is 0 Å². The largest absolute Gasteiger partial charge is 0.497 e. The lowest BCUT2D eigenvalue weighted by molar-refractivity contribution is 0.203. The van der Waals surface area contributed by atoms with Crippen LogP contribution in [-0.2, 0) is 18.3 Å². The minimum Gasteiger partial charge on any atom is -0.497 e. The van der Waals surface area contributed by atoms with E-state index in [0.717, 1.165) is 43.0 Å². The molecule has 0 radical (unpaired) electrons. The van der Waals surface area contributed by atoms with Crippen molar-refractivity contribution in [2.45, 2.75) is 32.4 Å². The number of nitrogens with zero attached hydrogens (tertiary/aromatic N) is 5. The van der Waals surface area contributed by atoms with E-state index >= 15 is 0 Å². The third-order valence-electron chi connectivity index (χ3n) is 5.70. The van der Waals surface area contributed by atoms with Gasteiger partial charge in [0, 0.05) is 27.2 Å². The van der Waals surface area contributed by atoms with Gasteiger partial charge < -0.3 is 24.7 Å². The molecule has 1 aliphatic heterocycles. The Morgan fingerprint density at radius 1 is 1.12 bits per heavy atom. The first-order chi connectivity index (χ1) is 15.1. The van der Waals surface area contributed by atoms with E-state index in [0.29, 0.717) is 19.7 Å². The Labute approximate surface area is 208 Å². The van der Waals surface area contributed by atoms with E-state index in [4.69, 9.17) is 14.5 Å². The topological polar surface area (TPSA) is 88.8 Å². The van der Waals surface area contributed by atoms with Crippen molar-refractivity contribution >= 4 is 29.9 Å². The van der Waals surface area contributed by atoms with Crippen LogP contribution in [0.15, 0.2) is 29.3 Å². The zero-order chi connectivity index (χ0) is 22.1. The zero-order valence-corrected chi connectivity index (χ0v) is 21.8. The van der Waals surface area contributed by atoms with Gasteiger partial charge in [0.2, 0.25) is 0 Å². The molecule has 2 aromatic rings. The molecule has 2 N–H and O–H groups in total. The molecule has 1 unspecified atom stereocenters. The summed E-state index contributed by atoms with van der Waals surface area (Å²) in [5.41, 5.74) is 1.27. The number of rotatable bonds is 10. The van der Waals surface area contributed by atoms with E-state index in [9.17, 15) is 0 Å². The molecule has 1 saturated heterocycles. The Bertz CT molecular complexity index is 835. The number of likely N-dealkylation sites (tertiary alicyclic amines) is 1. The van der Waals surface area contributed by atoms with Gasteiger partial charge in [0.15, 0.2) is 11.8 Å². The summed E-state index contributed by atoms with van der Waals surface area (Å²) in [5.74, 6) is 3.33.